The number of aromatic nitrogens is 1. The molecule has 1 rings (SSSR count). The first-order valence-electron chi connectivity index (χ1n) is 2.69. The molecule has 9 heavy (non-hydrogen) atoms. The summed E-state index contributed by atoms with van der Waals surface area (Å²) >= 11 is 0. The normalized spacial score (nSPS) is 8.22. The van der Waals surface area contributed by atoms with Crippen molar-refractivity contribution < 1.29 is 5.48 Å². The third-order valence-electron chi connectivity index (χ3n) is 1.27. The molecule has 0 aliphatic carbocycles. The molecule has 0 aliphatic heterocycles. The van der Waals surface area contributed by atoms with Gasteiger partial charge in [-0.3, -0.25) is 4.98 Å². The third kappa shape index (κ3) is 1.82. The van der Waals surface area contributed by atoms with E-state index in [0.29, 0.717) is 0 Å². The maximum Gasteiger partial charge on any atom is 0.0401 e. The van der Waals surface area contributed by atoms with Crippen LogP contribution in [0.1, 0.15) is 11.3 Å². The van der Waals surface area contributed by atoms with Gasteiger partial charge in [0.25, 0.3) is 0 Å². The van der Waals surface area contributed by atoms with Gasteiger partial charge in [0.1, 0.15) is 0 Å². The van der Waals surface area contributed by atoms with Crippen LogP contribution < -0.4 is 0 Å². The van der Waals surface area contributed by atoms with Gasteiger partial charge in [-0.05, 0) is 25.5 Å². The van der Waals surface area contributed by atoms with Gasteiger partial charge in [-0.15, -0.1) is 0 Å². The van der Waals surface area contributed by atoms with Gasteiger partial charge in [-0.1, -0.05) is 6.07 Å². The maximum atomic E-state index is 4.08. The Morgan fingerprint density at radius 1 is 1.33 bits per heavy atom. The van der Waals surface area contributed by atoms with Crippen molar-refractivity contribution in [1.29, 1.82) is 0 Å². The average molecular weight is 125 g/mol. The summed E-state index contributed by atoms with van der Waals surface area (Å²) in [6.07, 6.45) is 1.81. The molecule has 0 radical (unpaired) electrons. The summed E-state index contributed by atoms with van der Waals surface area (Å²) in [4.78, 5) is 4.08. The van der Waals surface area contributed by atoms with Gasteiger partial charge < -0.3 is 5.48 Å². The quantitative estimate of drug-likeness (QED) is 0.507. The van der Waals surface area contributed by atoms with Crippen LogP contribution in [-0.4, -0.2) is 10.5 Å². The SMILES string of the molecule is Cc1cccnc1C.O. The fourth-order valence-electron chi connectivity index (χ4n) is 0.565. The van der Waals surface area contributed by atoms with Gasteiger partial charge in [0, 0.05) is 11.9 Å². The number of nitrogens with zero attached hydrogens (tertiary/aromatic N) is 1. The summed E-state index contributed by atoms with van der Waals surface area (Å²) in [5, 5.41) is 0. The fourth-order valence-corrected chi connectivity index (χ4v) is 0.565. The summed E-state index contributed by atoms with van der Waals surface area (Å²) < 4.78 is 0. The van der Waals surface area contributed by atoms with Crippen LogP contribution in [0, 0.1) is 13.8 Å². The van der Waals surface area contributed by atoms with Gasteiger partial charge in [-0.25, -0.2) is 0 Å². The first-order chi connectivity index (χ1) is 3.80. The Balaban J connectivity index is 0.000000640. The molecule has 0 unspecified atom stereocenters. The Labute approximate surface area is 54.9 Å². The van der Waals surface area contributed by atoms with Crippen molar-refractivity contribution in [2.24, 2.45) is 0 Å². The van der Waals surface area contributed by atoms with Gasteiger partial charge in [-0.2, -0.15) is 0 Å². The second kappa shape index (κ2) is 3.20. The van der Waals surface area contributed by atoms with E-state index in [0.717, 1.165) is 5.69 Å². The monoisotopic (exact) mass is 125 g/mol. The molecule has 0 fully saturated rings. The van der Waals surface area contributed by atoms with Crippen molar-refractivity contribution in [3.63, 3.8) is 0 Å². The van der Waals surface area contributed by atoms with E-state index in [1.165, 1.54) is 5.56 Å². The Kier molecular flexibility index (Phi) is 2.88. The lowest BCUT2D eigenvalue weighted by molar-refractivity contribution is 0.824. The minimum atomic E-state index is 0. The van der Waals surface area contributed by atoms with Gasteiger partial charge in [0.15, 0.2) is 0 Å². The highest BCUT2D eigenvalue weighted by molar-refractivity contribution is 5.15. The maximum absolute atomic E-state index is 4.08. The highest BCUT2D eigenvalue weighted by atomic mass is 16.0. The number of pyridine rings is 1. The van der Waals surface area contributed by atoms with Crippen molar-refractivity contribution in [3.8, 4) is 0 Å². The smallest absolute Gasteiger partial charge is 0.0401 e. The zero-order valence-electron chi connectivity index (χ0n) is 5.68. The number of hydrogen-bond donors (Lipinski definition) is 0. The number of hydrogen-bond acceptors (Lipinski definition) is 1. The molecule has 0 bridgehead atoms. The zero-order chi connectivity index (χ0) is 5.98. The molecule has 0 aromatic carbocycles. The molecule has 0 spiro atoms. The highest BCUT2D eigenvalue weighted by Gasteiger charge is 1.85. The molecule has 1 heterocycles. The van der Waals surface area contributed by atoms with Crippen LogP contribution in [0.3, 0.4) is 0 Å². The molecule has 1 aromatic heterocycles. The lowest BCUT2D eigenvalue weighted by Crippen LogP contribution is -1.81. The van der Waals surface area contributed by atoms with E-state index in [1.54, 1.807) is 0 Å². The average Bonchev–Trinajstić information content (AvgIpc) is 1.77. The fraction of sp³-hybridized carbons (Fsp3) is 0.286. The minimum absolute atomic E-state index is 0. The number of aryl methyl sites for hydroxylation is 2. The Morgan fingerprint density at radius 3 is 2.33 bits per heavy atom. The molecule has 2 heteroatoms. The van der Waals surface area contributed by atoms with Crippen LogP contribution >= 0.6 is 0 Å². The highest BCUT2D eigenvalue weighted by Crippen LogP contribution is 1.98. The summed E-state index contributed by atoms with van der Waals surface area (Å²) in [5.41, 5.74) is 2.38. The molecule has 2 nitrogen and oxygen atoms in total. The van der Waals surface area contributed by atoms with E-state index in [2.05, 4.69) is 18.0 Å². The Morgan fingerprint density at radius 2 is 2.00 bits per heavy atom. The molecule has 1 aromatic rings. The molecule has 0 saturated heterocycles. The van der Waals surface area contributed by atoms with E-state index in [1.807, 2.05) is 19.2 Å². The lowest BCUT2D eigenvalue weighted by Gasteiger charge is -1.92. The largest absolute Gasteiger partial charge is 0.412 e. The van der Waals surface area contributed by atoms with E-state index in [-0.39, 0.29) is 5.48 Å². The van der Waals surface area contributed by atoms with Crippen LogP contribution in [0.5, 0.6) is 0 Å². The number of rotatable bonds is 0. The molecule has 2 N–H and O–H groups in total. The van der Waals surface area contributed by atoms with Crippen LogP contribution in [-0.2, 0) is 0 Å². The van der Waals surface area contributed by atoms with Crippen molar-refractivity contribution in [2.75, 3.05) is 0 Å². The van der Waals surface area contributed by atoms with Gasteiger partial charge in [0.05, 0.1) is 0 Å². The molecular weight excluding hydrogens is 114 g/mol. The Bertz CT molecular complexity index is 165. The second-order valence-electron chi connectivity index (χ2n) is 1.91. The lowest BCUT2D eigenvalue weighted by atomic mass is 10.2. The van der Waals surface area contributed by atoms with Crippen LogP contribution in [0.15, 0.2) is 18.3 Å². The Hall–Kier alpha value is -0.890. The van der Waals surface area contributed by atoms with Crippen molar-refractivity contribution in [2.45, 2.75) is 13.8 Å². The molecule has 0 aliphatic rings. The van der Waals surface area contributed by atoms with E-state index in [4.69, 9.17) is 0 Å². The summed E-state index contributed by atoms with van der Waals surface area (Å²) in [7, 11) is 0. The molecule has 0 saturated carbocycles. The van der Waals surface area contributed by atoms with Crippen LogP contribution in [0.25, 0.3) is 0 Å². The molecule has 50 valence electrons. The molecular formula is C7H11NO. The first kappa shape index (κ1) is 8.11. The second-order valence-corrected chi connectivity index (χ2v) is 1.91. The van der Waals surface area contributed by atoms with Crippen molar-refractivity contribution in [3.05, 3.63) is 29.6 Å². The minimum Gasteiger partial charge on any atom is -0.412 e. The predicted octanol–water partition coefficient (Wildman–Crippen LogP) is 0.874. The predicted molar refractivity (Wildman–Crippen MR) is 37.3 cm³/mol. The van der Waals surface area contributed by atoms with Gasteiger partial charge in [0.2, 0.25) is 0 Å². The van der Waals surface area contributed by atoms with Crippen molar-refractivity contribution >= 4 is 0 Å². The third-order valence-corrected chi connectivity index (χ3v) is 1.27. The molecule has 0 atom stereocenters. The van der Waals surface area contributed by atoms with E-state index in [9.17, 15) is 0 Å². The molecule has 0 amide bonds. The topological polar surface area (TPSA) is 44.4 Å². The van der Waals surface area contributed by atoms with Crippen molar-refractivity contribution in [1.82, 2.24) is 4.98 Å². The van der Waals surface area contributed by atoms with E-state index < -0.39 is 0 Å². The zero-order valence-corrected chi connectivity index (χ0v) is 5.68. The summed E-state index contributed by atoms with van der Waals surface area (Å²) in [6.45, 7) is 4.07. The summed E-state index contributed by atoms with van der Waals surface area (Å²) in [5.74, 6) is 0. The van der Waals surface area contributed by atoms with Crippen LogP contribution in [0.2, 0.25) is 0 Å². The standard InChI is InChI=1S/C7H9N.H2O/c1-6-4-3-5-8-7(6)2;/h3-5H,1-2H3;1H2. The summed E-state index contributed by atoms with van der Waals surface area (Å²) in [6, 6.07) is 4.00. The first-order valence-corrected chi connectivity index (χ1v) is 2.69. The van der Waals surface area contributed by atoms with Gasteiger partial charge >= 0.3 is 0 Å². The van der Waals surface area contributed by atoms with E-state index >= 15 is 0 Å². The van der Waals surface area contributed by atoms with Crippen LogP contribution in [0.4, 0.5) is 0 Å².